The van der Waals surface area contributed by atoms with Crippen LogP contribution in [-0.2, 0) is 0 Å². The molecule has 0 aromatic carbocycles. The second-order valence-electron chi connectivity index (χ2n) is 3.77. The minimum Gasteiger partial charge on any atom is -0.330 e. The number of carbonyl (C=O) groups is 1. The van der Waals surface area contributed by atoms with E-state index in [4.69, 9.17) is 5.73 Å². The number of carbonyl (C=O) groups excluding carboxylic acids is 1. The van der Waals surface area contributed by atoms with Crippen LogP contribution in [0.25, 0.3) is 0 Å². The van der Waals surface area contributed by atoms with Gasteiger partial charge in [0.25, 0.3) is 0 Å². The van der Waals surface area contributed by atoms with Crippen LogP contribution in [0.15, 0.2) is 11.4 Å². The first-order valence-corrected chi connectivity index (χ1v) is 6.41. The Balaban J connectivity index is 2.22. The van der Waals surface area contributed by atoms with Crippen LogP contribution in [-0.4, -0.2) is 12.3 Å². The van der Waals surface area contributed by atoms with E-state index in [9.17, 15) is 4.79 Å². The van der Waals surface area contributed by atoms with Crippen molar-refractivity contribution < 1.29 is 4.79 Å². The number of hydrogen-bond acceptors (Lipinski definition) is 3. The number of nitrogens with two attached hydrogens (primary N) is 1. The molecule has 2 nitrogen and oxygen atoms in total. The van der Waals surface area contributed by atoms with Crippen molar-refractivity contribution in [3.8, 4) is 0 Å². The van der Waals surface area contributed by atoms with Crippen LogP contribution in [0.1, 0.15) is 47.3 Å². The molecule has 84 valence electrons. The smallest absolute Gasteiger partial charge is 0.163 e. The van der Waals surface area contributed by atoms with Gasteiger partial charge in [-0.3, -0.25) is 4.79 Å². The predicted molar refractivity (Wildman–Crippen MR) is 65.5 cm³/mol. The van der Waals surface area contributed by atoms with E-state index >= 15 is 0 Å². The summed E-state index contributed by atoms with van der Waals surface area (Å²) in [5.74, 6) is 0.293. The lowest BCUT2D eigenvalue weighted by molar-refractivity contribution is 0.0979. The fraction of sp³-hybridized carbons (Fsp3) is 0.583. The highest BCUT2D eigenvalue weighted by Crippen LogP contribution is 2.18. The van der Waals surface area contributed by atoms with Gasteiger partial charge in [-0.2, -0.15) is 0 Å². The van der Waals surface area contributed by atoms with Crippen molar-refractivity contribution in [2.24, 2.45) is 5.73 Å². The van der Waals surface area contributed by atoms with E-state index in [1.807, 2.05) is 18.4 Å². The maximum Gasteiger partial charge on any atom is 0.163 e. The summed E-state index contributed by atoms with van der Waals surface area (Å²) in [6.45, 7) is 2.77. The summed E-state index contributed by atoms with van der Waals surface area (Å²) in [5.41, 5.74) is 6.32. The molecule has 0 bridgehead atoms. The number of unbranched alkanes of at least 4 members (excludes halogenated alkanes) is 3. The lowest BCUT2D eigenvalue weighted by Crippen LogP contribution is -2.00. The predicted octanol–water partition coefficient (Wildman–Crippen LogP) is 3.15. The zero-order chi connectivity index (χ0) is 11.1. The summed E-state index contributed by atoms with van der Waals surface area (Å²) >= 11 is 1.64. The zero-order valence-corrected chi connectivity index (χ0v) is 10.1. The van der Waals surface area contributed by atoms with Crippen LogP contribution >= 0.6 is 11.3 Å². The Labute approximate surface area is 95.5 Å². The highest BCUT2D eigenvalue weighted by Gasteiger charge is 2.08. The summed E-state index contributed by atoms with van der Waals surface area (Å²) in [4.78, 5) is 12.9. The molecule has 1 rings (SSSR count). The maximum atomic E-state index is 11.7. The highest BCUT2D eigenvalue weighted by molar-refractivity contribution is 7.10. The van der Waals surface area contributed by atoms with Gasteiger partial charge in [-0.25, -0.2) is 0 Å². The van der Waals surface area contributed by atoms with Crippen molar-refractivity contribution in [2.75, 3.05) is 6.54 Å². The molecule has 0 saturated heterocycles. The van der Waals surface area contributed by atoms with Crippen molar-refractivity contribution in [3.05, 3.63) is 21.9 Å². The molecule has 15 heavy (non-hydrogen) atoms. The van der Waals surface area contributed by atoms with Gasteiger partial charge in [0.15, 0.2) is 5.78 Å². The molecule has 0 fully saturated rings. The molecular weight excluding hydrogens is 206 g/mol. The molecule has 2 N–H and O–H groups in total. The molecule has 0 amide bonds. The summed E-state index contributed by atoms with van der Waals surface area (Å²) in [6, 6.07) is 1.93. The topological polar surface area (TPSA) is 43.1 Å². The minimum absolute atomic E-state index is 0.293. The van der Waals surface area contributed by atoms with Crippen LogP contribution in [0.4, 0.5) is 0 Å². The van der Waals surface area contributed by atoms with Gasteiger partial charge in [-0.05, 0) is 37.8 Å². The van der Waals surface area contributed by atoms with Crippen molar-refractivity contribution in [1.29, 1.82) is 0 Å². The van der Waals surface area contributed by atoms with Crippen LogP contribution in [0.5, 0.6) is 0 Å². The van der Waals surface area contributed by atoms with E-state index in [0.29, 0.717) is 12.2 Å². The van der Waals surface area contributed by atoms with Crippen molar-refractivity contribution in [2.45, 2.75) is 39.0 Å². The van der Waals surface area contributed by atoms with Gasteiger partial charge in [0, 0.05) is 16.9 Å². The monoisotopic (exact) mass is 225 g/mol. The van der Waals surface area contributed by atoms with Crippen LogP contribution < -0.4 is 5.73 Å². The molecule has 0 aliphatic carbocycles. The highest BCUT2D eigenvalue weighted by atomic mass is 32.1. The summed E-state index contributed by atoms with van der Waals surface area (Å²) in [6.07, 6.45) is 5.01. The van der Waals surface area contributed by atoms with Gasteiger partial charge in [0.2, 0.25) is 0 Å². The molecule has 0 aliphatic heterocycles. The van der Waals surface area contributed by atoms with E-state index in [2.05, 4.69) is 0 Å². The Morgan fingerprint density at radius 3 is 2.67 bits per heavy atom. The van der Waals surface area contributed by atoms with E-state index in [1.54, 1.807) is 11.3 Å². The van der Waals surface area contributed by atoms with Crippen LogP contribution in [0.3, 0.4) is 0 Å². The van der Waals surface area contributed by atoms with Gasteiger partial charge in [-0.15, -0.1) is 11.3 Å². The molecular formula is C12H19NOS. The maximum absolute atomic E-state index is 11.7. The van der Waals surface area contributed by atoms with E-state index in [0.717, 1.165) is 42.7 Å². The number of rotatable bonds is 7. The second kappa shape index (κ2) is 6.75. The van der Waals surface area contributed by atoms with Gasteiger partial charge >= 0.3 is 0 Å². The first-order valence-electron chi connectivity index (χ1n) is 5.53. The Hall–Kier alpha value is -0.670. The summed E-state index contributed by atoms with van der Waals surface area (Å²) < 4.78 is 0. The fourth-order valence-corrected chi connectivity index (χ4v) is 2.31. The molecule has 1 aromatic heterocycles. The lowest BCUT2D eigenvalue weighted by Gasteiger charge is -2.00. The number of aryl methyl sites for hydroxylation is 1. The van der Waals surface area contributed by atoms with Gasteiger partial charge in [0.1, 0.15) is 0 Å². The Bertz CT molecular complexity index is 306. The zero-order valence-electron chi connectivity index (χ0n) is 9.29. The number of ketones is 1. The number of thiophene rings is 1. The first-order chi connectivity index (χ1) is 7.25. The largest absolute Gasteiger partial charge is 0.330 e. The van der Waals surface area contributed by atoms with Crippen LogP contribution in [0.2, 0.25) is 0 Å². The Morgan fingerprint density at radius 2 is 2.07 bits per heavy atom. The Morgan fingerprint density at radius 1 is 1.33 bits per heavy atom. The molecule has 1 aromatic rings. The molecule has 0 atom stereocenters. The third-order valence-corrected chi connectivity index (χ3v) is 3.36. The normalized spacial score (nSPS) is 10.5. The lowest BCUT2D eigenvalue weighted by atomic mass is 10.1. The van der Waals surface area contributed by atoms with Gasteiger partial charge < -0.3 is 5.73 Å². The van der Waals surface area contributed by atoms with Gasteiger partial charge in [-0.1, -0.05) is 12.8 Å². The van der Waals surface area contributed by atoms with Crippen molar-refractivity contribution >= 4 is 17.1 Å². The fourth-order valence-electron chi connectivity index (χ4n) is 1.59. The number of Topliss-reactive ketones (excluding diaryl/α,β-unsaturated/α-hetero) is 1. The SMILES string of the molecule is Cc1sccc1C(=O)CCCCCCN. The third-order valence-electron chi connectivity index (χ3n) is 2.52. The van der Waals surface area contributed by atoms with E-state index in [1.165, 1.54) is 0 Å². The average molecular weight is 225 g/mol. The molecule has 1 heterocycles. The first kappa shape index (κ1) is 12.4. The van der Waals surface area contributed by atoms with Crippen molar-refractivity contribution in [1.82, 2.24) is 0 Å². The Kier molecular flexibility index (Phi) is 5.58. The molecule has 0 aliphatic rings. The summed E-state index contributed by atoms with van der Waals surface area (Å²) in [5, 5.41) is 1.98. The van der Waals surface area contributed by atoms with E-state index < -0.39 is 0 Å². The molecule has 0 radical (unpaired) electrons. The van der Waals surface area contributed by atoms with Crippen LogP contribution in [0, 0.1) is 6.92 Å². The molecule has 3 heteroatoms. The second-order valence-corrected chi connectivity index (χ2v) is 4.89. The average Bonchev–Trinajstić information content (AvgIpc) is 2.64. The molecule has 0 spiro atoms. The van der Waals surface area contributed by atoms with E-state index in [-0.39, 0.29) is 0 Å². The standard InChI is InChI=1S/C12H19NOS/c1-10-11(7-9-15-10)12(14)6-4-2-3-5-8-13/h7,9H,2-6,8,13H2,1H3. The summed E-state index contributed by atoms with van der Waals surface area (Å²) in [7, 11) is 0. The quantitative estimate of drug-likeness (QED) is 0.572. The molecule has 0 unspecified atom stereocenters. The minimum atomic E-state index is 0.293. The van der Waals surface area contributed by atoms with Gasteiger partial charge in [0.05, 0.1) is 0 Å². The number of hydrogen-bond donors (Lipinski definition) is 1. The third kappa shape index (κ3) is 4.14. The van der Waals surface area contributed by atoms with Crippen molar-refractivity contribution in [3.63, 3.8) is 0 Å². The molecule has 0 saturated carbocycles.